The Hall–Kier alpha value is -1.72. The molecule has 0 bridgehead atoms. The van der Waals surface area contributed by atoms with Gasteiger partial charge in [0.15, 0.2) is 5.82 Å². The monoisotopic (exact) mass is 197 g/mol. The highest BCUT2D eigenvalue weighted by Crippen LogP contribution is 2.27. The summed E-state index contributed by atoms with van der Waals surface area (Å²) in [5, 5.41) is 2.88. The van der Waals surface area contributed by atoms with Crippen molar-refractivity contribution in [2.24, 2.45) is 0 Å². The Balaban J connectivity index is 3.25. The van der Waals surface area contributed by atoms with Gasteiger partial charge in [0.1, 0.15) is 5.69 Å². The van der Waals surface area contributed by atoms with Crippen LogP contribution >= 0.6 is 0 Å². The predicted octanol–water partition coefficient (Wildman–Crippen LogP) is 0.175. The molecule has 0 radical (unpaired) electrons. The number of methoxy groups -OCH3 is 1. The van der Waals surface area contributed by atoms with Gasteiger partial charge < -0.3 is 20.7 Å². The van der Waals surface area contributed by atoms with Crippen LogP contribution in [0.25, 0.3) is 0 Å². The SMILES string of the molecule is CNc1nc(N(C)C)nc(OC)c1N. The molecule has 1 rings (SSSR count). The number of nitrogens with zero attached hydrogens (tertiary/aromatic N) is 3. The number of ether oxygens (including phenoxy) is 1. The van der Waals surface area contributed by atoms with Crippen LogP contribution in [0.15, 0.2) is 0 Å². The molecule has 0 atom stereocenters. The summed E-state index contributed by atoms with van der Waals surface area (Å²) in [6.07, 6.45) is 0. The highest BCUT2D eigenvalue weighted by molar-refractivity contribution is 5.68. The molecule has 3 N–H and O–H groups in total. The highest BCUT2D eigenvalue weighted by Gasteiger charge is 2.11. The van der Waals surface area contributed by atoms with Crippen LogP contribution in [0, 0.1) is 0 Å². The van der Waals surface area contributed by atoms with E-state index in [1.807, 2.05) is 14.1 Å². The second kappa shape index (κ2) is 3.99. The Kier molecular flexibility index (Phi) is 2.95. The molecule has 0 saturated carbocycles. The molecule has 0 aliphatic heterocycles. The summed E-state index contributed by atoms with van der Waals surface area (Å²) in [5.74, 6) is 1.51. The first-order chi connectivity index (χ1) is 6.60. The number of rotatable bonds is 3. The zero-order chi connectivity index (χ0) is 10.7. The van der Waals surface area contributed by atoms with Crippen LogP contribution in [0.5, 0.6) is 5.88 Å². The first-order valence-electron chi connectivity index (χ1n) is 4.16. The second-order valence-corrected chi connectivity index (χ2v) is 2.94. The second-order valence-electron chi connectivity index (χ2n) is 2.94. The lowest BCUT2D eigenvalue weighted by Crippen LogP contribution is -2.15. The fraction of sp³-hybridized carbons (Fsp3) is 0.500. The van der Waals surface area contributed by atoms with Gasteiger partial charge in [0.2, 0.25) is 11.8 Å². The normalized spacial score (nSPS) is 9.71. The molecule has 0 spiro atoms. The number of nitrogens with one attached hydrogen (secondary N) is 1. The molecule has 0 saturated heterocycles. The van der Waals surface area contributed by atoms with Crippen molar-refractivity contribution >= 4 is 17.5 Å². The lowest BCUT2D eigenvalue weighted by atomic mass is 10.4. The Morgan fingerprint density at radius 3 is 2.43 bits per heavy atom. The van der Waals surface area contributed by atoms with Crippen molar-refractivity contribution < 1.29 is 4.74 Å². The Morgan fingerprint density at radius 1 is 1.36 bits per heavy atom. The van der Waals surface area contributed by atoms with E-state index in [0.29, 0.717) is 23.3 Å². The van der Waals surface area contributed by atoms with Crippen LogP contribution in [0.2, 0.25) is 0 Å². The third-order valence-corrected chi connectivity index (χ3v) is 1.73. The van der Waals surface area contributed by atoms with Gasteiger partial charge in [0.05, 0.1) is 7.11 Å². The van der Waals surface area contributed by atoms with Gasteiger partial charge in [-0.1, -0.05) is 0 Å². The molecule has 0 fully saturated rings. The van der Waals surface area contributed by atoms with E-state index < -0.39 is 0 Å². The van der Waals surface area contributed by atoms with Gasteiger partial charge in [-0.05, 0) is 0 Å². The standard InChI is InChI=1S/C8H15N5O/c1-10-6-5(9)7(14-4)12-8(11-6)13(2)3/h9H2,1-4H3,(H,10,11,12). The van der Waals surface area contributed by atoms with Crippen LogP contribution in [0.3, 0.4) is 0 Å². The summed E-state index contributed by atoms with van der Waals surface area (Å²) in [4.78, 5) is 10.1. The molecule has 0 amide bonds. The molecule has 78 valence electrons. The topological polar surface area (TPSA) is 76.3 Å². The third kappa shape index (κ3) is 1.78. The Morgan fingerprint density at radius 2 is 2.00 bits per heavy atom. The molecule has 1 aromatic rings. The van der Waals surface area contributed by atoms with Crippen molar-refractivity contribution in [3.8, 4) is 5.88 Å². The molecule has 0 aliphatic rings. The van der Waals surface area contributed by atoms with Crippen molar-refractivity contribution in [2.45, 2.75) is 0 Å². The van der Waals surface area contributed by atoms with Crippen molar-refractivity contribution in [3.05, 3.63) is 0 Å². The fourth-order valence-electron chi connectivity index (χ4n) is 0.984. The van der Waals surface area contributed by atoms with Crippen LogP contribution in [-0.4, -0.2) is 38.2 Å². The summed E-state index contributed by atoms with van der Waals surface area (Å²) in [6, 6.07) is 0. The molecule has 14 heavy (non-hydrogen) atoms. The maximum absolute atomic E-state index is 5.74. The third-order valence-electron chi connectivity index (χ3n) is 1.73. The van der Waals surface area contributed by atoms with Crippen LogP contribution in [-0.2, 0) is 0 Å². The van der Waals surface area contributed by atoms with E-state index in [9.17, 15) is 0 Å². The van der Waals surface area contributed by atoms with E-state index in [1.54, 1.807) is 11.9 Å². The average molecular weight is 197 g/mol. The number of nitrogen functional groups attached to an aromatic ring is 1. The molecule has 6 nitrogen and oxygen atoms in total. The number of aromatic nitrogens is 2. The van der Waals surface area contributed by atoms with Crippen LogP contribution in [0.4, 0.5) is 17.5 Å². The highest BCUT2D eigenvalue weighted by atomic mass is 16.5. The zero-order valence-corrected chi connectivity index (χ0v) is 8.83. The quantitative estimate of drug-likeness (QED) is 0.719. The zero-order valence-electron chi connectivity index (χ0n) is 8.83. The lowest BCUT2D eigenvalue weighted by molar-refractivity contribution is 0.400. The smallest absolute Gasteiger partial charge is 0.244 e. The van der Waals surface area contributed by atoms with E-state index in [0.717, 1.165) is 0 Å². The average Bonchev–Trinajstić information content (AvgIpc) is 2.17. The Bertz CT molecular complexity index is 301. The molecule has 1 aromatic heterocycles. The number of hydrogen-bond acceptors (Lipinski definition) is 6. The molecule has 0 aliphatic carbocycles. The largest absolute Gasteiger partial charge is 0.479 e. The minimum Gasteiger partial charge on any atom is -0.479 e. The van der Waals surface area contributed by atoms with Crippen molar-refractivity contribution in [2.75, 3.05) is 44.2 Å². The van der Waals surface area contributed by atoms with Crippen LogP contribution < -0.4 is 20.7 Å². The first-order valence-corrected chi connectivity index (χ1v) is 4.16. The molecule has 0 unspecified atom stereocenters. The van der Waals surface area contributed by atoms with E-state index in [2.05, 4.69) is 15.3 Å². The summed E-state index contributed by atoms with van der Waals surface area (Å²) < 4.78 is 5.04. The minimum absolute atomic E-state index is 0.382. The van der Waals surface area contributed by atoms with Gasteiger partial charge in [-0.2, -0.15) is 9.97 Å². The number of nitrogens with two attached hydrogens (primary N) is 1. The van der Waals surface area contributed by atoms with Gasteiger partial charge in [-0.15, -0.1) is 0 Å². The fourth-order valence-corrected chi connectivity index (χ4v) is 0.984. The molecular weight excluding hydrogens is 182 g/mol. The van der Waals surface area contributed by atoms with Gasteiger partial charge >= 0.3 is 0 Å². The number of hydrogen-bond donors (Lipinski definition) is 2. The van der Waals surface area contributed by atoms with Crippen molar-refractivity contribution in [1.82, 2.24) is 9.97 Å². The summed E-state index contributed by atoms with van der Waals surface area (Å²) >= 11 is 0. The van der Waals surface area contributed by atoms with Gasteiger partial charge in [-0.3, -0.25) is 0 Å². The summed E-state index contributed by atoms with van der Waals surface area (Å²) in [6.45, 7) is 0. The maximum atomic E-state index is 5.74. The lowest BCUT2D eigenvalue weighted by Gasteiger charge is -2.14. The molecule has 6 heteroatoms. The predicted molar refractivity (Wildman–Crippen MR) is 56.9 cm³/mol. The van der Waals surface area contributed by atoms with E-state index >= 15 is 0 Å². The van der Waals surface area contributed by atoms with Gasteiger partial charge in [-0.25, -0.2) is 0 Å². The van der Waals surface area contributed by atoms with E-state index in [-0.39, 0.29) is 0 Å². The minimum atomic E-state index is 0.382. The van der Waals surface area contributed by atoms with E-state index in [1.165, 1.54) is 7.11 Å². The summed E-state index contributed by atoms with van der Waals surface area (Å²) in [7, 11) is 6.98. The van der Waals surface area contributed by atoms with Crippen molar-refractivity contribution in [3.63, 3.8) is 0 Å². The molecular formula is C8H15N5O. The van der Waals surface area contributed by atoms with E-state index in [4.69, 9.17) is 10.5 Å². The van der Waals surface area contributed by atoms with Gasteiger partial charge in [0.25, 0.3) is 0 Å². The number of anilines is 3. The van der Waals surface area contributed by atoms with Gasteiger partial charge in [0, 0.05) is 21.1 Å². The van der Waals surface area contributed by atoms with Crippen molar-refractivity contribution in [1.29, 1.82) is 0 Å². The Labute approximate surface area is 83.1 Å². The first kappa shape index (κ1) is 10.4. The summed E-state index contributed by atoms with van der Waals surface area (Å²) in [5.41, 5.74) is 6.16. The molecule has 1 heterocycles. The van der Waals surface area contributed by atoms with Crippen LogP contribution in [0.1, 0.15) is 0 Å². The molecule has 0 aromatic carbocycles. The maximum Gasteiger partial charge on any atom is 0.244 e.